The molecule has 3 aromatic rings. The quantitative estimate of drug-likeness (QED) is 0.775. The van der Waals surface area contributed by atoms with Crippen LogP contribution in [0, 0.1) is 13.8 Å². The monoisotopic (exact) mass is 267 g/mol. The van der Waals surface area contributed by atoms with E-state index in [1.807, 2.05) is 32.0 Å². The molecule has 5 heteroatoms. The van der Waals surface area contributed by atoms with Crippen LogP contribution in [-0.4, -0.2) is 25.7 Å². The molecule has 1 N–H and O–H groups in total. The van der Waals surface area contributed by atoms with E-state index in [2.05, 4.69) is 16.1 Å². The summed E-state index contributed by atoms with van der Waals surface area (Å²) in [6.07, 6.45) is 2.94. The number of aromatic nitrogens is 3. The van der Waals surface area contributed by atoms with Gasteiger partial charge in [0.2, 0.25) is 0 Å². The fourth-order valence-electron chi connectivity index (χ4n) is 2.35. The third kappa shape index (κ3) is 1.84. The molecule has 0 spiro atoms. The molecule has 0 saturated carbocycles. The second-order valence-corrected chi connectivity index (χ2v) is 4.75. The fraction of sp³-hybridized carbons (Fsp3) is 0.133. The van der Waals surface area contributed by atoms with Gasteiger partial charge < -0.3 is 5.11 Å². The van der Waals surface area contributed by atoms with E-state index in [1.54, 1.807) is 10.7 Å². The summed E-state index contributed by atoms with van der Waals surface area (Å²) in [6.45, 7) is 4.06. The predicted molar refractivity (Wildman–Crippen MR) is 74.9 cm³/mol. The Morgan fingerprint density at radius 1 is 1.25 bits per heavy atom. The van der Waals surface area contributed by atoms with E-state index in [1.165, 1.54) is 11.8 Å². The van der Waals surface area contributed by atoms with Crippen LogP contribution in [0.4, 0.5) is 0 Å². The summed E-state index contributed by atoms with van der Waals surface area (Å²) >= 11 is 0. The Bertz CT molecular complexity index is 821. The minimum absolute atomic E-state index is 0.108. The van der Waals surface area contributed by atoms with Gasteiger partial charge in [-0.15, -0.1) is 0 Å². The van der Waals surface area contributed by atoms with Gasteiger partial charge in [-0.05, 0) is 25.5 Å². The number of aryl methyl sites for hydroxylation is 2. The lowest BCUT2D eigenvalue weighted by atomic mass is 10.0. The normalized spacial score (nSPS) is 10.9. The second kappa shape index (κ2) is 4.45. The van der Waals surface area contributed by atoms with E-state index in [4.69, 9.17) is 5.11 Å². The molecular formula is C15H13N3O2. The van der Waals surface area contributed by atoms with Crippen LogP contribution in [-0.2, 0) is 0 Å². The summed E-state index contributed by atoms with van der Waals surface area (Å²) in [5.41, 5.74) is 4.61. The highest BCUT2D eigenvalue weighted by atomic mass is 16.4. The van der Waals surface area contributed by atoms with Crippen molar-refractivity contribution >= 4 is 11.6 Å². The molecule has 100 valence electrons. The summed E-state index contributed by atoms with van der Waals surface area (Å²) in [6, 6.07) is 7.96. The molecule has 3 rings (SSSR count). The average molecular weight is 267 g/mol. The number of aromatic carboxylic acids is 1. The molecule has 2 aromatic heterocycles. The van der Waals surface area contributed by atoms with E-state index in [0.29, 0.717) is 5.65 Å². The molecule has 0 radical (unpaired) electrons. The fourth-order valence-corrected chi connectivity index (χ4v) is 2.35. The van der Waals surface area contributed by atoms with Crippen LogP contribution >= 0.6 is 0 Å². The molecule has 20 heavy (non-hydrogen) atoms. The Morgan fingerprint density at radius 3 is 2.75 bits per heavy atom. The van der Waals surface area contributed by atoms with Crippen LogP contribution in [0.3, 0.4) is 0 Å². The first kappa shape index (κ1) is 12.3. The number of nitrogens with zero attached hydrogens (tertiary/aromatic N) is 3. The standard InChI is InChI=1S/C15H13N3O2/c1-9-3-4-11(10(2)7-9)13-5-6-16-14-12(15(19)20)8-17-18(13)14/h3-8H,1-2H3,(H,19,20). The van der Waals surface area contributed by atoms with Crippen molar-refractivity contribution in [2.24, 2.45) is 0 Å². The SMILES string of the molecule is Cc1ccc(-c2ccnc3c(C(=O)O)cnn23)c(C)c1. The van der Waals surface area contributed by atoms with Gasteiger partial charge in [0.25, 0.3) is 0 Å². The highest BCUT2D eigenvalue weighted by molar-refractivity contribution is 5.94. The van der Waals surface area contributed by atoms with Crippen LogP contribution in [0.2, 0.25) is 0 Å². The van der Waals surface area contributed by atoms with E-state index in [0.717, 1.165) is 16.8 Å². The van der Waals surface area contributed by atoms with Crippen LogP contribution in [0.5, 0.6) is 0 Å². The lowest BCUT2D eigenvalue weighted by molar-refractivity contribution is 0.0699. The van der Waals surface area contributed by atoms with E-state index in [9.17, 15) is 4.79 Å². The topological polar surface area (TPSA) is 67.5 Å². The van der Waals surface area contributed by atoms with Crippen molar-refractivity contribution < 1.29 is 9.90 Å². The molecule has 0 atom stereocenters. The zero-order valence-corrected chi connectivity index (χ0v) is 11.2. The van der Waals surface area contributed by atoms with Gasteiger partial charge in [-0.2, -0.15) is 5.10 Å². The van der Waals surface area contributed by atoms with Gasteiger partial charge >= 0.3 is 5.97 Å². The molecule has 0 aliphatic heterocycles. The first-order chi connectivity index (χ1) is 9.58. The van der Waals surface area contributed by atoms with Crippen molar-refractivity contribution in [1.82, 2.24) is 14.6 Å². The lowest BCUT2D eigenvalue weighted by Gasteiger charge is -2.08. The van der Waals surface area contributed by atoms with Gasteiger partial charge in [0.1, 0.15) is 5.56 Å². The second-order valence-electron chi connectivity index (χ2n) is 4.75. The summed E-state index contributed by atoms with van der Waals surface area (Å²) in [7, 11) is 0. The maximum Gasteiger partial charge on any atom is 0.341 e. The number of benzene rings is 1. The Balaban J connectivity index is 2.29. The Kier molecular flexibility index (Phi) is 2.75. The van der Waals surface area contributed by atoms with Crippen molar-refractivity contribution in [3.05, 3.63) is 53.3 Å². The van der Waals surface area contributed by atoms with Crippen molar-refractivity contribution in [3.8, 4) is 11.3 Å². The molecule has 0 aliphatic carbocycles. The lowest BCUT2D eigenvalue weighted by Crippen LogP contribution is -2.00. The molecule has 5 nitrogen and oxygen atoms in total. The molecule has 0 amide bonds. The van der Waals surface area contributed by atoms with Gasteiger partial charge in [0.05, 0.1) is 11.9 Å². The maximum absolute atomic E-state index is 11.1. The molecule has 2 heterocycles. The Morgan fingerprint density at radius 2 is 2.05 bits per heavy atom. The summed E-state index contributed by atoms with van der Waals surface area (Å²) in [5.74, 6) is -1.02. The van der Waals surface area contributed by atoms with Gasteiger partial charge in [-0.3, -0.25) is 0 Å². The number of carbonyl (C=O) groups is 1. The van der Waals surface area contributed by atoms with Crippen LogP contribution in [0.25, 0.3) is 16.9 Å². The number of rotatable bonds is 2. The summed E-state index contributed by atoms with van der Waals surface area (Å²) < 4.78 is 1.57. The minimum Gasteiger partial charge on any atom is -0.477 e. The third-order valence-electron chi connectivity index (χ3n) is 3.29. The van der Waals surface area contributed by atoms with Gasteiger partial charge in [-0.25, -0.2) is 14.3 Å². The third-order valence-corrected chi connectivity index (χ3v) is 3.29. The van der Waals surface area contributed by atoms with E-state index >= 15 is 0 Å². The van der Waals surface area contributed by atoms with Crippen molar-refractivity contribution in [1.29, 1.82) is 0 Å². The Labute approximate surface area is 115 Å². The largest absolute Gasteiger partial charge is 0.477 e. The minimum atomic E-state index is -1.02. The van der Waals surface area contributed by atoms with Crippen LogP contribution in [0.15, 0.2) is 36.7 Å². The van der Waals surface area contributed by atoms with Crippen molar-refractivity contribution in [3.63, 3.8) is 0 Å². The number of carboxylic acid groups (broad SMARTS) is 1. The maximum atomic E-state index is 11.1. The van der Waals surface area contributed by atoms with Gasteiger partial charge in [-0.1, -0.05) is 23.8 Å². The molecule has 0 aliphatic rings. The zero-order valence-electron chi connectivity index (χ0n) is 11.2. The molecule has 0 unspecified atom stereocenters. The van der Waals surface area contributed by atoms with Gasteiger partial charge in [0, 0.05) is 11.8 Å². The van der Waals surface area contributed by atoms with Crippen molar-refractivity contribution in [2.45, 2.75) is 13.8 Å². The number of fused-ring (bicyclic) bond motifs is 1. The molecular weight excluding hydrogens is 254 g/mol. The Hall–Kier alpha value is -2.69. The summed E-state index contributed by atoms with van der Waals surface area (Å²) in [5, 5.41) is 13.3. The average Bonchev–Trinajstić information content (AvgIpc) is 2.82. The number of hydrogen-bond donors (Lipinski definition) is 1. The van der Waals surface area contributed by atoms with E-state index < -0.39 is 5.97 Å². The summed E-state index contributed by atoms with van der Waals surface area (Å²) in [4.78, 5) is 15.3. The van der Waals surface area contributed by atoms with Crippen LogP contribution < -0.4 is 0 Å². The van der Waals surface area contributed by atoms with Crippen molar-refractivity contribution in [2.75, 3.05) is 0 Å². The predicted octanol–water partition coefficient (Wildman–Crippen LogP) is 2.71. The molecule has 1 aromatic carbocycles. The number of hydrogen-bond acceptors (Lipinski definition) is 3. The highest BCUT2D eigenvalue weighted by Gasteiger charge is 2.15. The first-order valence-electron chi connectivity index (χ1n) is 6.21. The number of carboxylic acids is 1. The molecule has 0 fully saturated rings. The molecule has 0 saturated heterocycles. The smallest absolute Gasteiger partial charge is 0.341 e. The first-order valence-corrected chi connectivity index (χ1v) is 6.21. The zero-order chi connectivity index (χ0) is 14.3. The highest BCUT2D eigenvalue weighted by Crippen LogP contribution is 2.25. The van der Waals surface area contributed by atoms with Gasteiger partial charge in [0.15, 0.2) is 5.65 Å². The van der Waals surface area contributed by atoms with E-state index in [-0.39, 0.29) is 5.56 Å². The molecule has 0 bridgehead atoms. The van der Waals surface area contributed by atoms with Crippen LogP contribution in [0.1, 0.15) is 21.5 Å².